The monoisotopic (exact) mass is 1120 g/mol. The first-order chi connectivity index (χ1) is 38.5. The van der Waals surface area contributed by atoms with Crippen molar-refractivity contribution in [3.8, 4) is 27.5 Å². The number of aryl methyl sites for hydroxylation is 1. The Morgan fingerprint density at radius 3 is 2.30 bits per heavy atom. The number of hydrogen-bond acceptors (Lipinski definition) is 15. The van der Waals surface area contributed by atoms with Crippen molar-refractivity contribution >= 4 is 58.1 Å². The van der Waals surface area contributed by atoms with Crippen LogP contribution in [0, 0.1) is 17.7 Å². The normalized spacial score (nSPS) is 16.9. The average Bonchev–Trinajstić information content (AvgIpc) is 3.77. The summed E-state index contributed by atoms with van der Waals surface area (Å²) < 4.78 is 42.5. The lowest BCUT2D eigenvalue weighted by Crippen LogP contribution is -2.57. The molecule has 23 heteroatoms. The quantitative estimate of drug-likeness (QED) is 0.00725. The van der Waals surface area contributed by atoms with E-state index in [1.165, 1.54) is 0 Å². The molecule has 0 bridgehead atoms. The Morgan fingerprint density at radius 1 is 0.950 bits per heavy atom. The maximum Gasteiger partial charge on any atom is 0.258 e. The van der Waals surface area contributed by atoms with E-state index in [1.807, 2.05) is 98.5 Å². The van der Waals surface area contributed by atoms with Gasteiger partial charge in [0.05, 0.1) is 80.0 Å². The van der Waals surface area contributed by atoms with Crippen LogP contribution in [0.1, 0.15) is 102 Å². The van der Waals surface area contributed by atoms with E-state index in [-0.39, 0.29) is 61.4 Å². The molecule has 1 aliphatic carbocycles. The van der Waals surface area contributed by atoms with Crippen LogP contribution in [0.25, 0.3) is 32.7 Å². The molecule has 5 aromatic rings. The number of hydrogen-bond donors (Lipinski definition) is 5. The first-order valence-electron chi connectivity index (χ1n) is 27.1. The summed E-state index contributed by atoms with van der Waals surface area (Å²) in [5.74, 6) is 5.41. The SMILES string of the molecule is CC1CCCN1C(=O)C(NC(=O)C1(F)CC1)C(C)(C)C.Cc1ncsc1-c1ccc(C(CC(=O)NCCOCCOCCOCCC(=O)N2CCC(Oc3cccc(-c4onc5ccc(C(=N)N=NN)cc45)c3)CC2)NC=O)cc1. The van der Waals surface area contributed by atoms with Gasteiger partial charge in [0.15, 0.2) is 17.3 Å². The number of piperidine rings is 1. The molecule has 2 aliphatic heterocycles. The predicted molar refractivity (Wildman–Crippen MR) is 299 cm³/mol. The average molecular weight is 1120 g/mol. The summed E-state index contributed by atoms with van der Waals surface area (Å²) in [5, 5.41) is 27.9. The lowest BCUT2D eigenvalue weighted by molar-refractivity contribution is -0.141. The van der Waals surface area contributed by atoms with E-state index in [2.05, 4.69) is 36.4 Å². The van der Waals surface area contributed by atoms with Crippen LogP contribution >= 0.6 is 11.3 Å². The van der Waals surface area contributed by atoms with Crippen molar-refractivity contribution in [2.45, 2.75) is 116 Å². The molecule has 4 heterocycles. The number of fused-ring (bicyclic) bond motifs is 1. The van der Waals surface area contributed by atoms with Crippen molar-refractivity contribution in [1.29, 1.82) is 5.41 Å². The Morgan fingerprint density at radius 2 is 1.66 bits per heavy atom. The molecular weight excluding hydrogens is 1050 g/mol. The highest BCUT2D eigenvalue weighted by Gasteiger charge is 2.53. The first-order valence-corrected chi connectivity index (χ1v) is 28.0. The molecular formula is C57H74FN11O10S. The molecule has 6 N–H and O–H groups in total. The number of nitrogens with one attached hydrogen (secondary N) is 4. The van der Waals surface area contributed by atoms with Gasteiger partial charge in [-0.15, -0.1) is 16.5 Å². The Bertz CT molecular complexity index is 2920. The summed E-state index contributed by atoms with van der Waals surface area (Å²) in [6.07, 6.45) is 4.87. The number of alkyl halides is 1. The van der Waals surface area contributed by atoms with Crippen LogP contribution in [0.2, 0.25) is 0 Å². The highest BCUT2D eigenvalue weighted by molar-refractivity contribution is 7.13. The third kappa shape index (κ3) is 16.9. The van der Waals surface area contributed by atoms with Crippen LogP contribution in [-0.2, 0) is 38.2 Å². The number of likely N-dealkylation sites (tertiary alicyclic amines) is 2. The van der Waals surface area contributed by atoms with E-state index < -0.39 is 29.1 Å². The van der Waals surface area contributed by atoms with Gasteiger partial charge in [-0.1, -0.05) is 67.5 Å². The molecule has 5 amide bonds. The molecule has 3 atom stereocenters. The number of thiazole rings is 1. The van der Waals surface area contributed by atoms with Gasteiger partial charge in [0.1, 0.15) is 23.4 Å². The lowest BCUT2D eigenvalue weighted by Gasteiger charge is -2.35. The third-order valence-corrected chi connectivity index (χ3v) is 15.2. The topological polar surface area (TPSA) is 278 Å². The van der Waals surface area contributed by atoms with Crippen LogP contribution in [0.3, 0.4) is 0 Å². The molecule has 0 radical (unpaired) electrons. The summed E-state index contributed by atoms with van der Waals surface area (Å²) in [6.45, 7) is 14.0. The fraction of sp³-hybridized carbons (Fsp3) is 0.509. The zero-order valence-electron chi connectivity index (χ0n) is 46.2. The van der Waals surface area contributed by atoms with Gasteiger partial charge in [-0.3, -0.25) is 29.4 Å². The molecule has 430 valence electrons. The highest BCUT2D eigenvalue weighted by atomic mass is 32.1. The summed E-state index contributed by atoms with van der Waals surface area (Å²) in [5.41, 5.74) is 4.44. The maximum absolute atomic E-state index is 13.8. The predicted octanol–water partition coefficient (Wildman–Crippen LogP) is 7.41. The Kier molecular flexibility index (Phi) is 21.7. The van der Waals surface area contributed by atoms with Gasteiger partial charge >= 0.3 is 0 Å². The number of nitrogens with two attached hydrogens (primary N) is 1. The zero-order valence-corrected chi connectivity index (χ0v) is 47.0. The Balaban J connectivity index is 0.000000387. The van der Waals surface area contributed by atoms with Crippen molar-refractivity contribution in [2.24, 2.45) is 21.6 Å². The standard InChI is InChI=1S/C42H49N9O8S.C15H25FN2O2/c1-28-41(60-27-47-28)30-7-5-29(6-8-30)37(46-26-52)25-38(53)45-14-18-56-20-22-57-21-19-55-17-13-39(54)51-15-11-33(12-16-51)58-34-4-2-3-31(23-34)40-35-24-32(42(43)48-50-44)9-10-36(35)49-59-40;1-10-6-5-9-18(10)12(19)11(14(2,3)4)17-13(20)15(16)7-8-15/h2-10,23-24,26-27,33,37H,11-22,25H2,1H3,(H,45,53)(H,46,52)(H3,43,44,48);10-11H,5-9H2,1-4H3,(H,17,20). The number of amides is 5. The van der Waals surface area contributed by atoms with Crippen LogP contribution in [0.5, 0.6) is 5.75 Å². The van der Waals surface area contributed by atoms with Crippen LogP contribution in [-0.4, -0.2) is 145 Å². The third-order valence-electron chi connectivity index (χ3n) is 14.2. The number of ether oxygens (including phenoxy) is 4. The van der Waals surface area contributed by atoms with Gasteiger partial charge in [-0.05, 0) is 86.4 Å². The van der Waals surface area contributed by atoms with Crippen LogP contribution in [0.15, 0.2) is 87.1 Å². The van der Waals surface area contributed by atoms with E-state index in [4.69, 9.17) is 34.7 Å². The van der Waals surface area contributed by atoms with Crippen LogP contribution < -0.4 is 26.5 Å². The van der Waals surface area contributed by atoms with Crippen LogP contribution in [0.4, 0.5) is 4.39 Å². The minimum Gasteiger partial charge on any atom is -0.490 e. The van der Waals surface area contributed by atoms with E-state index in [9.17, 15) is 28.4 Å². The number of carbonyl (C=O) groups excluding carboxylic acids is 5. The van der Waals surface area contributed by atoms with Gasteiger partial charge in [0, 0.05) is 56.2 Å². The van der Waals surface area contributed by atoms with E-state index in [0.717, 1.165) is 52.0 Å². The summed E-state index contributed by atoms with van der Waals surface area (Å²) in [7, 11) is 0. The van der Waals surface area contributed by atoms with Gasteiger partial charge in [-0.2, -0.15) is 0 Å². The van der Waals surface area contributed by atoms with Crippen molar-refractivity contribution < 1.29 is 51.8 Å². The number of rotatable bonds is 25. The largest absolute Gasteiger partial charge is 0.490 e. The molecule has 3 unspecified atom stereocenters. The molecule has 2 aromatic heterocycles. The molecule has 2 saturated heterocycles. The Hall–Kier alpha value is -7.21. The molecule has 8 rings (SSSR count). The van der Waals surface area contributed by atoms with Gasteiger partial charge < -0.3 is 55.1 Å². The smallest absolute Gasteiger partial charge is 0.258 e. The summed E-state index contributed by atoms with van der Waals surface area (Å²) in [4.78, 5) is 70.3. The molecule has 21 nitrogen and oxygen atoms in total. The number of halogens is 1. The van der Waals surface area contributed by atoms with E-state index in [0.29, 0.717) is 101 Å². The van der Waals surface area contributed by atoms with E-state index in [1.54, 1.807) is 29.5 Å². The number of aromatic nitrogens is 2. The van der Waals surface area contributed by atoms with Crippen molar-refractivity contribution in [3.63, 3.8) is 0 Å². The van der Waals surface area contributed by atoms with Crippen molar-refractivity contribution in [1.82, 2.24) is 35.9 Å². The number of benzene rings is 3. The molecule has 0 spiro atoms. The van der Waals surface area contributed by atoms with Gasteiger partial charge in [0.2, 0.25) is 24.1 Å². The highest BCUT2D eigenvalue weighted by Crippen LogP contribution is 2.41. The van der Waals surface area contributed by atoms with Gasteiger partial charge in [-0.25, -0.2) is 9.37 Å². The minimum absolute atomic E-state index is 0.0423. The second kappa shape index (κ2) is 28.8. The molecule has 3 fully saturated rings. The number of carbonyl (C=O) groups is 5. The maximum atomic E-state index is 13.8. The zero-order chi connectivity index (χ0) is 57.2. The fourth-order valence-electron chi connectivity index (χ4n) is 9.39. The summed E-state index contributed by atoms with van der Waals surface area (Å²) in [6, 6.07) is 19.7. The number of amidine groups is 1. The van der Waals surface area contributed by atoms with Crippen molar-refractivity contribution in [2.75, 3.05) is 65.8 Å². The first kappa shape index (κ1) is 60.4. The minimum atomic E-state index is -1.74. The molecule has 3 aliphatic rings. The fourth-order valence-corrected chi connectivity index (χ4v) is 10.2. The molecule has 3 aromatic carbocycles. The Labute approximate surface area is 469 Å². The second-order valence-electron chi connectivity index (χ2n) is 21.2. The lowest BCUT2D eigenvalue weighted by atomic mass is 9.85. The molecule has 80 heavy (non-hydrogen) atoms. The second-order valence-corrected chi connectivity index (χ2v) is 22.0. The van der Waals surface area contributed by atoms with Gasteiger partial charge in [0.25, 0.3) is 5.91 Å². The number of nitrogens with zero attached hydrogens (tertiary/aromatic N) is 6. The summed E-state index contributed by atoms with van der Waals surface area (Å²) >= 11 is 1.57. The van der Waals surface area contributed by atoms with E-state index >= 15 is 0 Å². The van der Waals surface area contributed by atoms with Crippen molar-refractivity contribution in [3.05, 3.63) is 89.1 Å². The molecule has 1 saturated carbocycles.